The van der Waals surface area contributed by atoms with Crippen LogP contribution in [0.15, 0.2) is 27.8 Å². The summed E-state index contributed by atoms with van der Waals surface area (Å²) in [6.45, 7) is 0. The van der Waals surface area contributed by atoms with Crippen LogP contribution in [0.4, 0.5) is 13.2 Å². The summed E-state index contributed by atoms with van der Waals surface area (Å²) >= 11 is 0. The van der Waals surface area contributed by atoms with Crippen LogP contribution in [0.5, 0.6) is 0 Å². The van der Waals surface area contributed by atoms with Gasteiger partial charge in [0.1, 0.15) is 17.5 Å². The first-order valence-electron chi connectivity index (χ1n) is 5.41. The number of aromatic amines is 2. The first-order valence-corrected chi connectivity index (χ1v) is 5.41. The Morgan fingerprint density at radius 3 is 2.11 bits per heavy atom. The maximum atomic E-state index is 13.3. The molecule has 0 aliphatic carbocycles. The number of H-pyrrole nitrogens is 2. The summed E-state index contributed by atoms with van der Waals surface area (Å²) < 4.78 is 39.4. The van der Waals surface area contributed by atoms with Crippen molar-refractivity contribution in [2.45, 2.75) is 12.8 Å². The summed E-state index contributed by atoms with van der Waals surface area (Å²) in [4.78, 5) is 21.9. The summed E-state index contributed by atoms with van der Waals surface area (Å²) in [7, 11) is 0. The van der Waals surface area contributed by atoms with Crippen LogP contribution in [0.25, 0.3) is 0 Å². The number of aryl methyl sites for hydroxylation is 1. The molecule has 0 saturated carbocycles. The summed E-state index contributed by atoms with van der Waals surface area (Å²) in [5.41, 5.74) is -1.49. The van der Waals surface area contributed by atoms with Crippen molar-refractivity contribution in [1.82, 2.24) is 10.2 Å². The molecular formula is C12H9F3N2O2. The number of hydrogen-bond acceptors (Lipinski definition) is 2. The molecule has 0 aliphatic rings. The number of hydrogen-bond donors (Lipinski definition) is 2. The van der Waals surface area contributed by atoms with Crippen LogP contribution < -0.4 is 11.0 Å². The molecule has 7 heteroatoms. The van der Waals surface area contributed by atoms with Crippen molar-refractivity contribution >= 4 is 0 Å². The molecule has 1 aromatic heterocycles. The first kappa shape index (κ1) is 13.1. The molecule has 0 radical (unpaired) electrons. The highest BCUT2D eigenvalue weighted by atomic mass is 19.1. The van der Waals surface area contributed by atoms with E-state index in [9.17, 15) is 22.8 Å². The molecule has 0 unspecified atom stereocenters. The average Bonchev–Trinajstić information content (AvgIpc) is 2.32. The fourth-order valence-electron chi connectivity index (χ4n) is 1.66. The molecule has 0 amide bonds. The van der Waals surface area contributed by atoms with E-state index in [-0.39, 0.29) is 18.4 Å². The average molecular weight is 270 g/mol. The molecular weight excluding hydrogens is 261 g/mol. The van der Waals surface area contributed by atoms with Gasteiger partial charge in [0.15, 0.2) is 0 Å². The lowest BCUT2D eigenvalue weighted by Gasteiger charge is -2.05. The van der Waals surface area contributed by atoms with E-state index in [2.05, 4.69) is 10.2 Å². The van der Waals surface area contributed by atoms with Crippen molar-refractivity contribution in [2.24, 2.45) is 0 Å². The molecule has 0 fully saturated rings. The molecule has 0 aliphatic heterocycles. The highest BCUT2D eigenvalue weighted by molar-refractivity contribution is 5.22. The SMILES string of the molecule is O=c1cc(CCc2c(F)cc(F)cc2F)[nH][nH]c1=O. The van der Waals surface area contributed by atoms with Crippen molar-refractivity contribution in [2.75, 3.05) is 0 Å². The monoisotopic (exact) mass is 270 g/mol. The Morgan fingerprint density at radius 2 is 1.53 bits per heavy atom. The molecule has 1 heterocycles. The van der Waals surface area contributed by atoms with Crippen molar-refractivity contribution in [3.8, 4) is 0 Å². The molecule has 2 rings (SSSR count). The van der Waals surface area contributed by atoms with Gasteiger partial charge in [-0.1, -0.05) is 0 Å². The van der Waals surface area contributed by atoms with E-state index >= 15 is 0 Å². The van der Waals surface area contributed by atoms with E-state index in [1.165, 1.54) is 0 Å². The number of halogens is 3. The van der Waals surface area contributed by atoms with E-state index in [0.29, 0.717) is 17.8 Å². The third-order valence-corrected chi connectivity index (χ3v) is 2.62. The largest absolute Gasteiger partial charge is 0.310 e. The molecule has 0 saturated heterocycles. The number of nitrogens with one attached hydrogen (secondary N) is 2. The Labute approximate surface area is 104 Å². The molecule has 0 bridgehead atoms. The molecule has 4 nitrogen and oxygen atoms in total. The van der Waals surface area contributed by atoms with Gasteiger partial charge in [-0.3, -0.25) is 14.7 Å². The van der Waals surface area contributed by atoms with Gasteiger partial charge in [-0.2, -0.15) is 0 Å². The minimum Gasteiger partial charge on any atom is -0.302 e. The Hall–Kier alpha value is -2.31. The lowest BCUT2D eigenvalue weighted by Crippen LogP contribution is -2.27. The maximum Gasteiger partial charge on any atom is 0.310 e. The van der Waals surface area contributed by atoms with Gasteiger partial charge in [0, 0.05) is 29.5 Å². The normalized spacial score (nSPS) is 10.7. The zero-order chi connectivity index (χ0) is 14.0. The molecule has 19 heavy (non-hydrogen) atoms. The Bertz CT molecular complexity index is 698. The molecule has 0 spiro atoms. The Kier molecular flexibility index (Phi) is 3.55. The second-order valence-electron chi connectivity index (χ2n) is 3.96. The highest BCUT2D eigenvalue weighted by Gasteiger charge is 2.11. The van der Waals surface area contributed by atoms with Crippen LogP contribution in [0, 0.1) is 17.5 Å². The van der Waals surface area contributed by atoms with Gasteiger partial charge in [-0.15, -0.1) is 0 Å². The zero-order valence-corrected chi connectivity index (χ0v) is 9.60. The van der Waals surface area contributed by atoms with Crippen LogP contribution in [0.1, 0.15) is 11.3 Å². The molecule has 0 atom stereocenters. The zero-order valence-electron chi connectivity index (χ0n) is 9.60. The van der Waals surface area contributed by atoms with Crippen LogP contribution in [-0.2, 0) is 12.8 Å². The summed E-state index contributed by atoms with van der Waals surface area (Å²) in [6.07, 6.45) is 0.0332. The fraction of sp³-hybridized carbons (Fsp3) is 0.167. The van der Waals surface area contributed by atoms with Crippen molar-refractivity contribution in [1.29, 1.82) is 0 Å². The minimum absolute atomic E-state index is 0.0695. The number of rotatable bonds is 3. The highest BCUT2D eigenvalue weighted by Crippen LogP contribution is 2.16. The van der Waals surface area contributed by atoms with Gasteiger partial charge in [0.05, 0.1) is 0 Å². The molecule has 2 aromatic rings. The van der Waals surface area contributed by atoms with Crippen LogP contribution in [0.3, 0.4) is 0 Å². The minimum atomic E-state index is -0.990. The fourth-order valence-corrected chi connectivity index (χ4v) is 1.66. The first-order chi connectivity index (χ1) is 8.97. The summed E-state index contributed by atoms with van der Waals surface area (Å²) in [5, 5.41) is 4.54. The van der Waals surface area contributed by atoms with Gasteiger partial charge in [0.2, 0.25) is 5.43 Å². The van der Waals surface area contributed by atoms with Crippen LogP contribution >= 0.6 is 0 Å². The summed E-state index contributed by atoms with van der Waals surface area (Å²) in [5.74, 6) is -2.95. The summed E-state index contributed by atoms with van der Waals surface area (Å²) in [6, 6.07) is 2.24. The lowest BCUT2D eigenvalue weighted by molar-refractivity contribution is 0.522. The standard InChI is InChI=1S/C12H9F3N2O2/c13-6-3-9(14)8(10(15)4-6)2-1-7-5-11(18)12(19)17-16-7/h3-5H,1-2H2,(H,16,18)(H,17,19). The van der Waals surface area contributed by atoms with Crippen molar-refractivity contribution < 1.29 is 13.2 Å². The van der Waals surface area contributed by atoms with Gasteiger partial charge in [-0.25, -0.2) is 13.2 Å². The smallest absolute Gasteiger partial charge is 0.302 e. The lowest BCUT2D eigenvalue weighted by atomic mass is 10.1. The topological polar surface area (TPSA) is 65.7 Å². The van der Waals surface area contributed by atoms with E-state index in [1.54, 1.807) is 0 Å². The van der Waals surface area contributed by atoms with Crippen molar-refractivity contribution in [3.63, 3.8) is 0 Å². The van der Waals surface area contributed by atoms with Gasteiger partial charge >= 0.3 is 5.56 Å². The second-order valence-corrected chi connectivity index (χ2v) is 3.96. The second kappa shape index (κ2) is 5.13. The van der Waals surface area contributed by atoms with Gasteiger partial charge in [0.25, 0.3) is 0 Å². The van der Waals surface area contributed by atoms with E-state index < -0.39 is 28.4 Å². The quantitative estimate of drug-likeness (QED) is 0.825. The predicted octanol–water partition coefficient (Wildman–Crippen LogP) is 1.27. The third-order valence-electron chi connectivity index (χ3n) is 2.62. The third kappa shape index (κ3) is 2.93. The van der Waals surface area contributed by atoms with Crippen LogP contribution in [0.2, 0.25) is 0 Å². The molecule has 2 N–H and O–H groups in total. The van der Waals surface area contributed by atoms with E-state index in [0.717, 1.165) is 6.07 Å². The van der Waals surface area contributed by atoms with E-state index in [4.69, 9.17) is 0 Å². The van der Waals surface area contributed by atoms with Gasteiger partial charge in [-0.05, 0) is 12.8 Å². The Morgan fingerprint density at radius 1 is 0.895 bits per heavy atom. The molecule has 1 aromatic carbocycles. The van der Waals surface area contributed by atoms with Crippen molar-refractivity contribution in [3.05, 3.63) is 67.5 Å². The maximum absolute atomic E-state index is 13.3. The predicted molar refractivity (Wildman–Crippen MR) is 61.4 cm³/mol. The number of aromatic nitrogens is 2. The Balaban J connectivity index is 2.21. The van der Waals surface area contributed by atoms with Gasteiger partial charge < -0.3 is 5.10 Å². The van der Waals surface area contributed by atoms with Crippen LogP contribution in [-0.4, -0.2) is 10.2 Å². The molecule has 100 valence electrons. The van der Waals surface area contributed by atoms with E-state index in [1.807, 2.05) is 0 Å². The number of benzene rings is 1.